The summed E-state index contributed by atoms with van der Waals surface area (Å²) in [5.74, 6) is 3.03. The Morgan fingerprint density at radius 1 is 0.889 bits per heavy atom. The van der Waals surface area contributed by atoms with E-state index in [1.807, 2.05) is 12.1 Å². The molecule has 0 unspecified atom stereocenters. The smallest absolute Gasteiger partial charge is 0.151 e. The lowest BCUT2D eigenvalue weighted by atomic mass is 9.85. The van der Waals surface area contributed by atoms with Gasteiger partial charge in [0, 0.05) is 6.42 Å². The summed E-state index contributed by atoms with van der Waals surface area (Å²) in [6.45, 7) is 4.56. The largest absolute Gasteiger partial charge is 0.453 e. The third-order valence-electron chi connectivity index (χ3n) is 5.86. The minimum absolute atomic E-state index is 0.129. The Morgan fingerprint density at radius 3 is 2.00 bits per heavy atom. The Hall–Kier alpha value is -2.29. The number of benzene rings is 2. The molecule has 0 atom stereocenters. The summed E-state index contributed by atoms with van der Waals surface area (Å²) in [4.78, 5) is 7.74. The van der Waals surface area contributed by atoms with Gasteiger partial charge in [-0.2, -0.15) is 0 Å². The standard InChI is InChI=1S/C24H30N2O/c1-3-5-16-24(17-6-4-2)18-15-23(25-24)26-19-11-7-9-13-21(19)27-22-14-10-8-12-20(22)26/h7-14H,3-6,15-18H2,1-2H3. The number of nitrogens with zero attached hydrogens (tertiary/aromatic N) is 2. The Morgan fingerprint density at radius 2 is 1.44 bits per heavy atom. The molecule has 2 aromatic rings. The fourth-order valence-corrected chi connectivity index (χ4v) is 4.37. The molecule has 0 radical (unpaired) electrons. The molecule has 0 bridgehead atoms. The molecule has 3 nitrogen and oxygen atoms in total. The van der Waals surface area contributed by atoms with Crippen LogP contribution in [0, 0.1) is 0 Å². The highest BCUT2D eigenvalue weighted by Gasteiger charge is 2.38. The van der Waals surface area contributed by atoms with Crippen molar-refractivity contribution in [3.63, 3.8) is 0 Å². The predicted molar refractivity (Wildman–Crippen MR) is 114 cm³/mol. The van der Waals surface area contributed by atoms with Gasteiger partial charge in [0.05, 0.1) is 16.9 Å². The third-order valence-corrected chi connectivity index (χ3v) is 5.86. The van der Waals surface area contributed by atoms with Crippen LogP contribution in [0.25, 0.3) is 0 Å². The van der Waals surface area contributed by atoms with Crippen LogP contribution in [0.15, 0.2) is 53.5 Å². The topological polar surface area (TPSA) is 24.8 Å². The summed E-state index contributed by atoms with van der Waals surface area (Å²) in [5.41, 5.74) is 2.34. The van der Waals surface area contributed by atoms with Crippen LogP contribution in [0.5, 0.6) is 11.5 Å². The number of para-hydroxylation sites is 4. The molecule has 3 heteroatoms. The van der Waals surface area contributed by atoms with Crippen molar-refractivity contribution in [2.45, 2.75) is 70.8 Å². The van der Waals surface area contributed by atoms with Crippen molar-refractivity contribution in [2.24, 2.45) is 4.99 Å². The molecule has 0 N–H and O–H groups in total. The van der Waals surface area contributed by atoms with E-state index in [0.717, 1.165) is 29.3 Å². The van der Waals surface area contributed by atoms with E-state index in [-0.39, 0.29) is 5.54 Å². The first-order chi connectivity index (χ1) is 13.3. The van der Waals surface area contributed by atoms with Crippen LogP contribution in [-0.2, 0) is 0 Å². The SMILES string of the molecule is CCCCC1(CCCC)CCC(N2c3ccccc3Oc3ccccc32)=N1. The van der Waals surface area contributed by atoms with E-state index < -0.39 is 0 Å². The molecule has 2 aliphatic heterocycles. The van der Waals surface area contributed by atoms with Crippen molar-refractivity contribution in [3.8, 4) is 11.5 Å². The maximum absolute atomic E-state index is 6.15. The van der Waals surface area contributed by atoms with Gasteiger partial charge >= 0.3 is 0 Å². The van der Waals surface area contributed by atoms with Gasteiger partial charge in [0.25, 0.3) is 0 Å². The van der Waals surface area contributed by atoms with Crippen molar-refractivity contribution in [1.82, 2.24) is 0 Å². The molecule has 0 spiro atoms. The average Bonchev–Trinajstić information content (AvgIpc) is 3.13. The number of anilines is 2. The van der Waals surface area contributed by atoms with E-state index in [1.54, 1.807) is 0 Å². The molecule has 142 valence electrons. The zero-order chi connectivity index (χ0) is 18.7. The van der Waals surface area contributed by atoms with Crippen LogP contribution in [0.1, 0.15) is 65.2 Å². The minimum atomic E-state index is 0.129. The molecule has 4 rings (SSSR count). The van der Waals surface area contributed by atoms with E-state index in [4.69, 9.17) is 9.73 Å². The van der Waals surface area contributed by atoms with Crippen molar-refractivity contribution >= 4 is 17.2 Å². The van der Waals surface area contributed by atoms with Gasteiger partial charge in [0.1, 0.15) is 5.84 Å². The second-order valence-corrected chi connectivity index (χ2v) is 7.83. The lowest BCUT2D eigenvalue weighted by Gasteiger charge is -2.32. The van der Waals surface area contributed by atoms with E-state index in [9.17, 15) is 0 Å². The van der Waals surface area contributed by atoms with Crippen LogP contribution >= 0.6 is 0 Å². The van der Waals surface area contributed by atoms with Crippen LogP contribution in [0.2, 0.25) is 0 Å². The van der Waals surface area contributed by atoms with E-state index >= 15 is 0 Å². The highest BCUT2D eigenvalue weighted by Crippen LogP contribution is 2.48. The highest BCUT2D eigenvalue weighted by atomic mass is 16.5. The maximum atomic E-state index is 6.15. The van der Waals surface area contributed by atoms with Gasteiger partial charge in [-0.25, -0.2) is 0 Å². The molecular formula is C24H30N2O. The summed E-state index contributed by atoms with van der Waals surface area (Å²) in [6, 6.07) is 16.6. The van der Waals surface area contributed by atoms with Gasteiger partial charge in [0.2, 0.25) is 0 Å². The molecule has 2 aliphatic rings. The van der Waals surface area contributed by atoms with Gasteiger partial charge in [-0.05, 0) is 43.5 Å². The minimum Gasteiger partial charge on any atom is -0.453 e. The van der Waals surface area contributed by atoms with Crippen molar-refractivity contribution in [2.75, 3.05) is 4.90 Å². The Bertz CT molecular complexity index is 773. The first-order valence-electron chi connectivity index (χ1n) is 10.5. The Labute approximate surface area is 163 Å². The fraction of sp³-hybridized carbons (Fsp3) is 0.458. The monoisotopic (exact) mass is 362 g/mol. The molecule has 0 saturated heterocycles. The number of amidine groups is 1. The normalized spacial score (nSPS) is 17.1. The first kappa shape index (κ1) is 18.1. The highest BCUT2D eigenvalue weighted by molar-refractivity contribution is 6.08. The summed E-state index contributed by atoms with van der Waals surface area (Å²) in [5, 5.41) is 0. The summed E-state index contributed by atoms with van der Waals surface area (Å²) < 4.78 is 6.15. The van der Waals surface area contributed by atoms with Gasteiger partial charge in [-0.1, -0.05) is 63.8 Å². The molecule has 27 heavy (non-hydrogen) atoms. The van der Waals surface area contributed by atoms with Crippen LogP contribution < -0.4 is 9.64 Å². The maximum Gasteiger partial charge on any atom is 0.151 e. The first-order valence-corrected chi connectivity index (χ1v) is 10.5. The van der Waals surface area contributed by atoms with Gasteiger partial charge in [-0.3, -0.25) is 9.89 Å². The molecule has 0 aromatic heterocycles. The lowest BCUT2D eigenvalue weighted by molar-refractivity contribution is 0.346. The quantitative estimate of drug-likeness (QED) is 0.541. The van der Waals surface area contributed by atoms with Crippen molar-refractivity contribution < 1.29 is 4.74 Å². The molecular weight excluding hydrogens is 332 g/mol. The Balaban J connectivity index is 1.74. The number of hydrogen-bond donors (Lipinski definition) is 0. The molecule has 0 fully saturated rings. The number of unbranched alkanes of at least 4 members (excludes halogenated alkanes) is 2. The molecule has 0 amide bonds. The van der Waals surface area contributed by atoms with Crippen LogP contribution in [-0.4, -0.2) is 11.4 Å². The second-order valence-electron chi connectivity index (χ2n) is 7.83. The van der Waals surface area contributed by atoms with Crippen molar-refractivity contribution in [1.29, 1.82) is 0 Å². The number of aliphatic imine (C=N–C) groups is 1. The summed E-state index contributed by atoms with van der Waals surface area (Å²) in [7, 11) is 0. The van der Waals surface area contributed by atoms with E-state index in [0.29, 0.717) is 0 Å². The number of rotatable bonds is 6. The second kappa shape index (κ2) is 7.75. The molecule has 2 aromatic carbocycles. The van der Waals surface area contributed by atoms with Gasteiger partial charge < -0.3 is 4.74 Å². The number of fused-ring (bicyclic) bond motifs is 2. The van der Waals surface area contributed by atoms with Crippen molar-refractivity contribution in [3.05, 3.63) is 48.5 Å². The average molecular weight is 363 g/mol. The zero-order valence-corrected chi connectivity index (χ0v) is 16.6. The fourth-order valence-electron chi connectivity index (χ4n) is 4.37. The van der Waals surface area contributed by atoms with Crippen LogP contribution in [0.3, 0.4) is 0 Å². The Kier molecular flexibility index (Phi) is 5.20. The molecule has 0 aliphatic carbocycles. The van der Waals surface area contributed by atoms with Gasteiger partial charge in [-0.15, -0.1) is 0 Å². The third kappa shape index (κ3) is 3.47. The summed E-state index contributed by atoms with van der Waals surface area (Å²) >= 11 is 0. The lowest BCUT2D eigenvalue weighted by Crippen LogP contribution is -2.28. The molecule has 0 saturated carbocycles. The van der Waals surface area contributed by atoms with Crippen LogP contribution in [0.4, 0.5) is 11.4 Å². The van der Waals surface area contributed by atoms with Gasteiger partial charge in [0.15, 0.2) is 11.5 Å². The predicted octanol–water partition coefficient (Wildman–Crippen LogP) is 7.24. The molecule has 2 heterocycles. The number of hydrogen-bond acceptors (Lipinski definition) is 3. The summed E-state index contributed by atoms with van der Waals surface area (Å²) in [6.07, 6.45) is 9.62. The van der Waals surface area contributed by atoms with E-state index in [1.165, 1.54) is 50.8 Å². The number of ether oxygens (including phenoxy) is 1. The zero-order valence-electron chi connectivity index (χ0n) is 16.6. The van der Waals surface area contributed by atoms with E-state index in [2.05, 4.69) is 55.1 Å².